The van der Waals surface area contributed by atoms with E-state index in [4.69, 9.17) is 15.6 Å². The fraction of sp³-hybridized carbons (Fsp3) is 0.308. The first-order chi connectivity index (χ1) is 17.4. The number of hydrogen-bond acceptors (Lipinski definition) is 7. The van der Waals surface area contributed by atoms with Gasteiger partial charge in [-0.2, -0.15) is 5.10 Å². The van der Waals surface area contributed by atoms with Crippen LogP contribution < -0.4 is 15.8 Å². The molecule has 1 aliphatic rings. The predicted octanol–water partition coefficient (Wildman–Crippen LogP) is 3.63. The van der Waals surface area contributed by atoms with Crippen molar-refractivity contribution in [3.63, 3.8) is 0 Å². The maximum atomic E-state index is 13.6. The highest BCUT2D eigenvalue weighted by Gasteiger charge is 2.26. The highest BCUT2D eigenvalue weighted by Crippen LogP contribution is 2.36. The van der Waals surface area contributed by atoms with E-state index >= 15 is 0 Å². The summed E-state index contributed by atoms with van der Waals surface area (Å²) in [5.41, 5.74) is 9.36. The number of nitrogens with one attached hydrogen (secondary N) is 1. The normalized spacial score (nSPS) is 17.8. The summed E-state index contributed by atoms with van der Waals surface area (Å²) >= 11 is 0. The number of carbonyl (C=O) groups is 1. The number of anilines is 1. The largest absolute Gasteiger partial charge is 0.496 e. The second-order valence-electron chi connectivity index (χ2n) is 8.95. The minimum absolute atomic E-state index is 0.0357. The van der Waals surface area contributed by atoms with Crippen LogP contribution in [0.25, 0.3) is 22.3 Å². The highest BCUT2D eigenvalue weighted by molar-refractivity contribution is 5.98. The molecule has 10 heteroatoms. The van der Waals surface area contributed by atoms with Gasteiger partial charge in [-0.05, 0) is 49.4 Å². The molecule has 1 amide bonds. The Bertz CT molecular complexity index is 1410. The molecule has 0 saturated heterocycles. The molecule has 1 aliphatic carbocycles. The number of benzene rings is 2. The van der Waals surface area contributed by atoms with Crippen molar-refractivity contribution in [2.45, 2.75) is 44.4 Å². The standard InChI is InChI=1S/C26H27FN6O3/c1-36-21-10-9-17(27)11-20(21)26(35)29-13-15-5-7-16(8-6-15)23-22-24(28)30-14-31-25(22)33(32-23)18-3-2-4-19(34)12-18/h5-11,14,18-19,34H,2-4,12-13H2,1H3,(H,29,35)(H2,28,30,31)/t18-,19-/m0/s1. The van der Waals surface area contributed by atoms with E-state index in [1.54, 1.807) is 0 Å². The van der Waals surface area contributed by atoms with E-state index in [1.165, 1.54) is 25.6 Å². The number of amides is 1. The van der Waals surface area contributed by atoms with E-state index in [-0.39, 0.29) is 24.3 Å². The minimum atomic E-state index is -0.511. The lowest BCUT2D eigenvalue weighted by atomic mass is 9.93. The number of fused-ring (bicyclic) bond motifs is 1. The fourth-order valence-electron chi connectivity index (χ4n) is 4.73. The Morgan fingerprint density at radius 3 is 2.78 bits per heavy atom. The topological polar surface area (TPSA) is 128 Å². The first kappa shape index (κ1) is 23.7. The van der Waals surface area contributed by atoms with Crippen LogP contribution in [-0.4, -0.2) is 44.0 Å². The number of aromatic nitrogens is 4. The summed E-state index contributed by atoms with van der Waals surface area (Å²) in [5.74, 6) is -0.294. The summed E-state index contributed by atoms with van der Waals surface area (Å²) in [6.45, 7) is 0.249. The molecule has 4 N–H and O–H groups in total. The van der Waals surface area contributed by atoms with Crippen molar-refractivity contribution in [1.29, 1.82) is 0 Å². The second-order valence-corrected chi connectivity index (χ2v) is 8.95. The van der Waals surface area contributed by atoms with Crippen molar-refractivity contribution >= 4 is 22.8 Å². The molecule has 0 aliphatic heterocycles. The Morgan fingerprint density at radius 2 is 2.03 bits per heavy atom. The lowest BCUT2D eigenvalue weighted by molar-refractivity contribution is 0.0947. The van der Waals surface area contributed by atoms with Crippen LogP contribution in [0.15, 0.2) is 48.8 Å². The maximum absolute atomic E-state index is 13.6. The van der Waals surface area contributed by atoms with Gasteiger partial charge in [-0.25, -0.2) is 19.0 Å². The van der Waals surface area contributed by atoms with E-state index in [0.29, 0.717) is 34.7 Å². The summed E-state index contributed by atoms with van der Waals surface area (Å²) in [7, 11) is 1.43. The van der Waals surface area contributed by atoms with E-state index in [2.05, 4.69) is 15.3 Å². The molecule has 186 valence electrons. The number of hydrogen-bond donors (Lipinski definition) is 3. The lowest BCUT2D eigenvalue weighted by Crippen LogP contribution is -2.23. The Hall–Kier alpha value is -4.05. The van der Waals surface area contributed by atoms with Gasteiger partial charge in [0, 0.05) is 12.1 Å². The minimum Gasteiger partial charge on any atom is -0.496 e. The zero-order chi connectivity index (χ0) is 25.2. The zero-order valence-electron chi connectivity index (χ0n) is 19.8. The van der Waals surface area contributed by atoms with Gasteiger partial charge in [-0.15, -0.1) is 0 Å². The molecule has 2 aromatic carbocycles. The molecular weight excluding hydrogens is 463 g/mol. The molecule has 1 fully saturated rings. The number of nitrogens with zero attached hydrogens (tertiary/aromatic N) is 4. The number of rotatable bonds is 6. The Kier molecular flexibility index (Phi) is 6.51. The monoisotopic (exact) mass is 490 g/mol. The average Bonchev–Trinajstić information content (AvgIpc) is 3.28. The van der Waals surface area contributed by atoms with Crippen LogP contribution in [0.1, 0.15) is 47.6 Å². The van der Waals surface area contributed by atoms with Gasteiger partial charge in [0.25, 0.3) is 5.91 Å². The smallest absolute Gasteiger partial charge is 0.255 e. The van der Waals surface area contributed by atoms with Crippen molar-refractivity contribution in [1.82, 2.24) is 25.1 Å². The van der Waals surface area contributed by atoms with Gasteiger partial charge in [0.15, 0.2) is 5.65 Å². The van der Waals surface area contributed by atoms with Crippen LogP contribution in [0.2, 0.25) is 0 Å². The number of nitrogens with two attached hydrogens (primary N) is 1. The maximum Gasteiger partial charge on any atom is 0.255 e. The van der Waals surface area contributed by atoms with Gasteiger partial charge in [-0.1, -0.05) is 24.3 Å². The molecule has 4 aromatic rings. The quantitative estimate of drug-likeness (QED) is 0.376. The molecule has 2 heterocycles. The molecule has 2 aromatic heterocycles. The SMILES string of the molecule is COc1ccc(F)cc1C(=O)NCc1ccc(-c2nn([C@H]3CCC[C@H](O)C3)c3ncnc(N)c23)cc1. The Balaban J connectivity index is 1.38. The zero-order valence-corrected chi connectivity index (χ0v) is 19.8. The molecule has 1 saturated carbocycles. The Morgan fingerprint density at radius 1 is 1.22 bits per heavy atom. The number of nitrogen functional groups attached to an aromatic ring is 1. The first-order valence-electron chi connectivity index (χ1n) is 11.8. The van der Waals surface area contributed by atoms with Gasteiger partial charge in [-0.3, -0.25) is 4.79 Å². The summed E-state index contributed by atoms with van der Waals surface area (Å²) < 4.78 is 20.6. The molecule has 5 rings (SSSR count). The summed E-state index contributed by atoms with van der Waals surface area (Å²) in [4.78, 5) is 21.2. The van der Waals surface area contributed by atoms with E-state index < -0.39 is 11.7 Å². The second kappa shape index (κ2) is 9.90. The van der Waals surface area contributed by atoms with Gasteiger partial charge in [0.1, 0.15) is 29.4 Å². The van der Waals surface area contributed by atoms with Crippen molar-refractivity contribution in [2.24, 2.45) is 0 Å². The van der Waals surface area contributed by atoms with Gasteiger partial charge in [0.05, 0.1) is 30.2 Å². The number of carbonyl (C=O) groups excluding carboxylic acids is 1. The van der Waals surface area contributed by atoms with Gasteiger partial charge >= 0.3 is 0 Å². The molecule has 36 heavy (non-hydrogen) atoms. The average molecular weight is 491 g/mol. The van der Waals surface area contributed by atoms with Crippen LogP contribution in [0.4, 0.5) is 10.2 Å². The van der Waals surface area contributed by atoms with E-state index in [1.807, 2.05) is 28.9 Å². The number of methoxy groups -OCH3 is 1. The summed E-state index contributed by atoms with van der Waals surface area (Å²) in [6, 6.07) is 11.4. The number of aliphatic hydroxyl groups excluding tert-OH is 1. The number of aliphatic hydroxyl groups is 1. The van der Waals surface area contributed by atoms with Gasteiger partial charge < -0.3 is 20.9 Å². The number of ether oxygens (including phenoxy) is 1. The third kappa shape index (κ3) is 4.59. The summed E-state index contributed by atoms with van der Waals surface area (Å²) in [5, 5.41) is 18.5. The molecule has 0 radical (unpaired) electrons. The third-order valence-corrected chi connectivity index (χ3v) is 6.57. The van der Waals surface area contributed by atoms with Crippen LogP contribution in [0.5, 0.6) is 5.75 Å². The van der Waals surface area contributed by atoms with Crippen molar-refractivity contribution in [3.8, 4) is 17.0 Å². The lowest BCUT2D eigenvalue weighted by Gasteiger charge is -2.26. The molecule has 0 spiro atoms. The third-order valence-electron chi connectivity index (χ3n) is 6.57. The molecule has 2 atom stereocenters. The van der Waals surface area contributed by atoms with Crippen LogP contribution in [0, 0.1) is 5.82 Å². The van der Waals surface area contributed by atoms with Crippen molar-refractivity contribution in [3.05, 3.63) is 65.7 Å². The number of halogens is 1. The molecule has 9 nitrogen and oxygen atoms in total. The predicted molar refractivity (Wildman–Crippen MR) is 133 cm³/mol. The molecular formula is C26H27FN6O3. The van der Waals surface area contributed by atoms with Crippen molar-refractivity contribution in [2.75, 3.05) is 12.8 Å². The van der Waals surface area contributed by atoms with Crippen LogP contribution in [-0.2, 0) is 6.54 Å². The van der Waals surface area contributed by atoms with E-state index in [9.17, 15) is 14.3 Å². The molecule has 0 bridgehead atoms. The van der Waals surface area contributed by atoms with Gasteiger partial charge in [0.2, 0.25) is 0 Å². The van der Waals surface area contributed by atoms with Crippen LogP contribution >= 0.6 is 0 Å². The van der Waals surface area contributed by atoms with Crippen LogP contribution in [0.3, 0.4) is 0 Å². The Labute approximate surface area is 207 Å². The van der Waals surface area contributed by atoms with Crippen molar-refractivity contribution < 1.29 is 19.0 Å². The molecule has 0 unspecified atom stereocenters. The summed E-state index contributed by atoms with van der Waals surface area (Å²) in [6.07, 6.45) is 4.32. The highest BCUT2D eigenvalue weighted by atomic mass is 19.1. The first-order valence-corrected chi connectivity index (χ1v) is 11.8. The fourth-order valence-corrected chi connectivity index (χ4v) is 4.73. The van der Waals surface area contributed by atoms with E-state index in [0.717, 1.165) is 36.5 Å².